The van der Waals surface area contributed by atoms with Crippen LogP contribution >= 0.6 is 15.9 Å². The number of para-hydroxylation sites is 1. The van der Waals surface area contributed by atoms with Crippen LogP contribution in [-0.4, -0.2) is 25.8 Å². The van der Waals surface area contributed by atoms with E-state index in [-0.39, 0.29) is 11.9 Å². The smallest absolute Gasteiger partial charge is 0.146 e. The van der Waals surface area contributed by atoms with Gasteiger partial charge in [-0.3, -0.25) is 0 Å². The van der Waals surface area contributed by atoms with Gasteiger partial charge in [-0.15, -0.1) is 0 Å². The van der Waals surface area contributed by atoms with Gasteiger partial charge in [0.2, 0.25) is 0 Å². The molecule has 2 rings (SSSR count). The predicted molar refractivity (Wildman–Crippen MR) is 75.9 cm³/mol. The predicted octanol–water partition coefficient (Wildman–Crippen LogP) is 3.73. The van der Waals surface area contributed by atoms with Crippen LogP contribution in [0.2, 0.25) is 0 Å². The zero-order valence-electron chi connectivity index (χ0n) is 10.7. The molecule has 0 aliphatic carbocycles. The van der Waals surface area contributed by atoms with Crippen LogP contribution in [0.1, 0.15) is 25.3 Å². The average molecular weight is 316 g/mol. The van der Waals surface area contributed by atoms with Gasteiger partial charge in [0, 0.05) is 25.0 Å². The molecule has 100 valence electrons. The Labute approximate surface area is 116 Å². The molecule has 4 heteroatoms. The first-order valence-electron chi connectivity index (χ1n) is 6.46. The second-order valence-corrected chi connectivity index (χ2v) is 5.14. The summed E-state index contributed by atoms with van der Waals surface area (Å²) < 4.78 is 19.8. The number of hydrogen-bond donors (Lipinski definition) is 0. The summed E-state index contributed by atoms with van der Waals surface area (Å²) in [5.41, 5.74) is 1.74. The number of ether oxygens (including phenoxy) is 1. The van der Waals surface area contributed by atoms with E-state index in [1.807, 2.05) is 6.07 Å². The van der Waals surface area contributed by atoms with E-state index in [1.165, 1.54) is 6.07 Å². The number of benzene rings is 1. The molecule has 1 unspecified atom stereocenters. The lowest BCUT2D eigenvalue weighted by atomic mass is 10.1. The molecule has 1 aromatic rings. The molecular formula is C14H19BrFNO. The fraction of sp³-hybridized carbons (Fsp3) is 0.571. The Kier molecular flexibility index (Phi) is 5.01. The lowest BCUT2D eigenvalue weighted by Gasteiger charge is -2.27. The lowest BCUT2D eigenvalue weighted by molar-refractivity contribution is 0.0664. The van der Waals surface area contributed by atoms with Crippen LogP contribution in [0.4, 0.5) is 10.1 Å². The van der Waals surface area contributed by atoms with Gasteiger partial charge in [0.15, 0.2) is 0 Å². The fourth-order valence-corrected chi connectivity index (χ4v) is 2.82. The van der Waals surface area contributed by atoms with Gasteiger partial charge in [-0.05, 0) is 24.5 Å². The molecule has 0 aromatic heterocycles. The first kappa shape index (κ1) is 13.8. The van der Waals surface area contributed by atoms with E-state index in [9.17, 15) is 4.39 Å². The third kappa shape index (κ3) is 3.04. The van der Waals surface area contributed by atoms with Crippen LogP contribution in [0.3, 0.4) is 0 Å². The molecule has 0 bridgehead atoms. The number of anilines is 1. The maximum Gasteiger partial charge on any atom is 0.146 e. The Morgan fingerprint density at radius 3 is 3.06 bits per heavy atom. The minimum absolute atomic E-state index is 0.135. The maximum atomic E-state index is 14.1. The van der Waals surface area contributed by atoms with Gasteiger partial charge in [-0.25, -0.2) is 4.39 Å². The fourth-order valence-electron chi connectivity index (χ4n) is 2.37. The summed E-state index contributed by atoms with van der Waals surface area (Å²) in [6.07, 6.45) is 2.12. The highest BCUT2D eigenvalue weighted by atomic mass is 79.9. The van der Waals surface area contributed by atoms with E-state index in [1.54, 1.807) is 6.07 Å². The molecule has 1 atom stereocenters. The molecule has 0 spiro atoms. The number of alkyl halides is 1. The monoisotopic (exact) mass is 315 g/mol. The van der Waals surface area contributed by atoms with Gasteiger partial charge in [0.25, 0.3) is 0 Å². The molecule has 18 heavy (non-hydrogen) atoms. The molecule has 1 saturated heterocycles. The summed E-state index contributed by atoms with van der Waals surface area (Å²) in [6, 6.07) is 5.27. The van der Waals surface area contributed by atoms with Crippen LogP contribution in [0.5, 0.6) is 0 Å². The minimum atomic E-state index is -0.135. The van der Waals surface area contributed by atoms with Crippen molar-refractivity contribution in [3.8, 4) is 0 Å². The standard InChI is InChI=1S/C14H19BrFNO/c1-2-12-10-17(7-4-8-18-12)14-11(9-15)5-3-6-13(14)16/h3,5-6,12H,2,4,7-10H2,1H3. The van der Waals surface area contributed by atoms with Crippen molar-refractivity contribution in [3.63, 3.8) is 0 Å². The largest absolute Gasteiger partial charge is 0.376 e. The molecule has 1 heterocycles. The second kappa shape index (κ2) is 6.53. The van der Waals surface area contributed by atoms with E-state index >= 15 is 0 Å². The third-order valence-corrected chi connectivity index (χ3v) is 3.94. The molecule has 1 aromatic carbocycles. The van der Waals surface area contributed by atoms with Gasteiger partial charge < -0.3 is 9.64 Å². The lowest BCUT2D eigenvalue weighted by Crippen LogP contribution is -2.32. The zero-order valence-corrected chi connectivity index (χ0v) is 12.2. The summed E-state index contributed by atoms with van der Waals surface area (Å²) in [7, 11) is 0. The van der Waals surface area contributed by atoms with Crippen LogP contribution in [0, 0.1) is 5.82 Å². The van der Waals surface area contributed by atoms with Crippen molar-refractivity contribution >= 4 is 21.6 Å². The number of rotatable bonds is 3. The van der Waals surface area contributed by atoms with Crippen molar-refractivity contribution in [1.29, 1.82) is 0 Å². The first-order chi connectivity index (χ1) is 8.76. The van der Waals surface area contributed by atoms with Crippen molar-refractivity contribution in [2.45, 2.75) is 31.2 Å². The topological polar surface area (TPSA) is 12.5 Å². The Balaban J connectivity index is 2.28. The van der Waals surface area contributed by atoms with Gasteiger partial charge >= 0.3 is 0 Å². The van der Waals surface area contributed by atoms with Crippen molar-refractivity contribution in [2.75, 3.05) is 24.6 Å². The van der Waals surface area contributed by atoms with Crippen LogP contribution in [0.15, 0.2) is 18.2 Å². The van der Waals surface area contributed by atoms with E-state index in [0.29, 0.717) is 5.33 Å². The van der Waals surface area contributed by atoms with Crippen molar-refractivity contribution < 1.29 is 9.13 Å². The number of halogens is 2. The van der Waals surface area contributed by atoms with E-state index in [2.05, 4.69) is 27.8 Å². The Bertz CT molecular complexity index is 399. The molecule has 0 N–H and O–H groups in total. The molecule has 2 nitrogen and oxygen atoms in total. The zero-order chi connectivity index (χ0) is 13.0. The second-order valence-electron chi connectivity index (χ2n) is 4.58. The molecule has 0 saturated carbocycles. The summed E-state index contributed by atoms with van der Waals surface area (Å²) in [4.78, 5) is 2.13. The van der Waals surface area contributed by atoms with Gasteiger partial charge in [0.1, 0.15) is 5.82 Å². The molecule has 0 amide bonds. The average Bonchev–Trinajstić information content (AvgIpc) is 2.63. The summed E-state index contributed by atoms with van der Waals surface area (Å²) in [5, 5.41) is 0.675. The highest BCUT2D eigenvalue weighted by Crippen LogP contribution is 2.28. The van der Waals surface area contributed by atoms with Gasteiger partial charge in [-0.1, -0.05) is 35.0 Å². The van der Waals surface area contributed by atoms with Crippen LogP contribution in [-0.2, 0) is 10.1 Å². The maximum absolute atomic E-state index is 14.1. The van der Waals surface area contributed by atoms with Crippen LogP contribution < -0.4 is 4.90 Å². The Morgan fingerprint density at radius 2 is 2.33 bits per heavy atom. The van der Waals surface area contributed by atoms with Crippen molar-refractivity contribution in [1.82, 2.24) is 0 Å². The van der Waals surface area contributed by atoms with E-state index in [4.69, 9.17) is 4.74 Å². The molecule has 1 aliphatic heterocycles. The molecule has 0 radical (unpaired) electrons. The highest BCUT2D eigenvalue weighted by Gasteiger charge is 2.21. The summed E-state index contributed by atoms with van der Waals surface area (Å²) in [6.45, 7) is 4.52. The molecular weight excluding hydrogens is 297 g/mol. The van der Waals surface area contributed by atoms with E-state index < -0.39 is 0 Å². The van der Waals surface area contributed by atoms with Crippen molar-refractivity contribution in [2.24, 2.45) is 0 Å². The first-order valence-corrected chi connectivity index (χ1v) is 7.58. The normalized spacial score (nSPS) is 20.8. The molecule has 1 fully saturated rings. The summed E-state index contributed by atoms with van der Waals surface area (Å²) >= 11 is 3.44. The Hall–Kier alpha value is -0.610. The number of nitrogens with zero attached hydrogens (tertiary/aromatic N) is 1. The van der Waals surface area contributed by atoms with Gasteiger partial charge in [-0.2, -0.15) is 0 Å². The van der Waals surface area contributed by atoms with Crippen LogP contribution in [0.25, 0.3) is 0 Å². The van der Waals surface area contributed by atoms with Crippen molar-refractivity contribution in [3.05, 3.63) is 29.6 Å². The quantitative estimate of drug-likeness (QED) is 0.788. The van der Waals surface area contributed by atoms with Gasteiger partial charge in [0.05, 0.1) is 11.8 Å². The molecule has 1 aliphatic rings. The number of hydrogen-bond acceptors (Lipinski definition) is 2. The van der Waals surface area contributed by atoms with E-state index in [0.717, 1.165) is 43.8 Å². The summed E-state index contributed by atoms with van der Waals surface area (Å²) in [5.74, 6) is -0.135. The third-order valence-electron chi connectivity index (χ3n) is 3.34. The Morgan fingerprint density at radius 1 is 1.50 bits per heavy atom. The SMILES string of the molecule is CCC1CN(c2c(F)cccc2CBr)CCCO1. The minimum Gasteiger partial charge on any atom is -0.376 e. The highest BCUT2D eigenvalue weighted by molar-refractivity contribution is 9.08.